The highest BCUT2D eigenvalue weighted by Crippen LogP contribution is 2.18. The lowest BCUT2D eigenvalue weighted by molar-refractivity contribution is 0.0664. The Hall–Kier alpha value is -1.95. The maximum Gasteiger partial charge on any atom is 0.337 e. The van der Waals surface area contributed by atoms with E-state index in [1.807, 2.05) is 0 Å². The lowest BCUT2D eigenvalue weighted by Gasteiger charge is -2.14. The van der Waals surface area contributed by atoms with E-state index in [1.165, 1.54) is 16.7 Å². The fraction of sp³-hybridized carbons (Fsp3) is 0.300. The summed E-state index contributed by atoms with van der Waals surface area (Å²) in [5, 5.41) is 26.4. The summed E-state index contributed by atoms with van der Waals surface area (Å²) in [5.41, 5.74) is -0.545. The summed E-state index contributed by atoms with van der Waals surface area (Å²) in [6.07, 6.45) is 1.39. The minimum Gasteiger partial charge on any atom is -0.478 e. The number of rotatable bonds is 2. The molecule has 6 nitrogen and oxygen atoms in total. The molecule has 2 rings (SSSR count). The van der Waals surface area contributed by atoms with E-state index in [9.17, 15) is 9.90 Å². The molecule has 0 saturated carbocycles. The number of pyridine rings is 1. The molecule has 2 N–H and O–H groups in total. The predicted molar refractivity (Wildman–Crippen MR) is 55.2 cm³/mol. The molecule has 0 unspecified atom stereocenters. The van der Waals surface area contributed by atoms with E-state index >= 15 is 0 Å². The third-order valence-corrected chi connectivity index (χ3v) is 2.20. The van der Waals surface area contributed by atoms with Crippen LogP contribution in [0.25, 0.3) is 5.65 Å². The van der Waals surface area contributed by atoms with E-state index in [0.717, 1.165) is 0 Å². The van der Waals surface area contributed by atoms with Crippen LogP contribution in [0, 0.1) is 0 Å². The van der Waals surface area contributed by atoms with E-state index in [-0.39, 0.29) is 5.56 Å². The average molecular weight is 221 g/mol. The van der Waals surface area contributed by atoms with Crippen LogP contribution in [0.2, 0.25) is 0 Å². The Kier molecular flexibility index (Phi) is 2.16. The van der Waals surface area contributed by atoms with Crippen LogP contribution in [0.5, 0.6) is 0 Å². The Morgan fingerprint density at radius 2 is 2.06 bits per heavy atom. The molecule has 2 aromatic rings. The van der Waals surface area contributed by atoms with E-state index in [2.05, 4.69) is 10.2 Å². The third-order valence-electron chi connectivity index (χ3n) is 2.20. The van der Waals surface area contributed by atoms with Crippen molar-refractivity contribution in [2.75, 3.05) is 0 Å². The fourth-order valence-electron chi connectivity index (χ4n) is 1.43. The maximum absolute atomic E-state index is 10.8. The Morgan fingerprint density at radius 3 is 2.62 bits per heavy atom. The number of carboxylic acids is 1. The van der Waals surface area contributed by atoms with Crippen molar-refractivity contribution < 1.29 is 15.0 Å². The van der Waals surface area contributed by atoms with E-state index in [0.29, 0.717) is 11.5 Å². The molecule has 6 heteroatoms. The minimum atomic E-state index is -1.17. The molecule has 2 aromatic heterocycles. The van der Waals surface area contributed by atoms with Crippen LogP contribution >= 0.6 is 0 Å². The van der Waals surface area contributed by atoms with Crippen LogP contribution in [0.4, 0.5) is 0 Å². The van der Waals surface area contributed by atoms with Gasteiger partial charge in [0.1, 0.15) is 5.60 Å². The number of aromatic nitrogens is 3. The zero-order chi connectivity index (χ0) is 11.9. The molecule has 0 aliphatic rings. The van der Waals surface area contributed by atoms with Gasteiger partial charge < -0.3 is 10.2 Å². The monoisotopic (exact) mass is 221 g/mol. The van der Waals surface area contributed by atoms with Crippen molar-refractivity contribution in [2.24, 2.45) is 0 Å². The van der Waals surface area contributed by atoms with Gasteiger partial charge in [-0.3, -0.25) is 4.40 Å². The van der Waals surface area contributed by atoms with E-state index < -0.39 is 11.6 Å². The Bertz CT molecular complexity index is 554. The molecule has 0 bridgehead atoms. The van der Waals surface area contributed by atoms with Gasteiger partial charge in [0.25, 0.3) is 0 Å². The second kappa shape index (κ2) is 3.28. The highest BCUT2D eigenvalue weighted by Gasteiger charge is 2.23. The van der Waals surface area contributed by atoms with Crippen molar-refractivity contribution in [1.82, 2.24) is 14.6 Å². The van der Waals surface area contributed by atoms with Gasteiger partial charge in [0, 0.05) is 6.20 Å². The fourth-order valence-corrected chi connectivity index (χ4v) is 1.43. The zero-order valence-corrected chi connectivity index (χ0v) is 8.88. The second-order valence-corrected chi connectivity index (χ2v) is 4.03. The lowest BCUT2D eigenvalue weighted by Crippen LogP contribution is -2.20. The molecule has 0 amide bonds. The SMILES string of the molecule is CC(C)(O)c1nnc2ccc(C(=O)O)cn12. The van der Waals surface area contributed by atoms with E-state index in [1.54, 1.807) is 19.9 Å². The van der Waals surface area contributed by atoms with Crippen molar-refractivity contribution in [1.29, 1.82) is 0 Å². The second-order valence-electron chi connectivity index (χ2n) is 4.03. The summed E-state index contributed by atoms with van der Waals surface area (Å²) in [4.78, 5) is 10.8. The molecule has 0 radical (unpaired) electrons. The number of hydrogen-bond acceptors (Lipinski definition) is 4. The third kappa shape index (κ3) is 1.63. The van der Waals surface area contributed by atoms with Crippen molar-refractivity contribution in [2.45, 2.75) is 19.4 Å². The molecule has 0 fully saturated rings. The number of carboxylic acid groups (broad SMARTS) is 1. The van der Waals surface area contributed by atoms with Crippen LogP contribution in [-0.2, 0) is 5.60 Å². The molecule has 0 aliphatic carbocycles. The first-order valence-electron chi connectivity index (χ1n) is 4.70. The normalized spacial score (nSPS) is 11.9. The van der Waals surface area contributed by atoms with Gasteiger partial charge in [-0.15, -0.1) is 10.2 Å². The first kappa shape index (κ1) is 10.6. The van der Waals surface area contributed by atoms with Crippen molar-refractivity contribution in [3.63, 3.8) is 0 Å². The summed E-state index contributed by atoms with van der Waals surface area (Å²) in [5.74, 6) is -0.720. The van der Waals surface area contributed by atoms with Crippen molar-refractivity contribution in [3.05, 3.63) is 29.7 Å². The predicted octanol–water partition coefficient (Wildman–Crippen LogP) is 0.655. The van der Waals surface area contributed by atoms with Crippen molar-refractivity contribution >= 4 is 11.6 Å². The van der Waals surface area contributed by atoms with Crippen LogP contribution in [-0.4, -0.2) is 30.8 Å². The molecule has 0 saturated heterocycles. The topological polar surface area (TPSA) is 87.7 Å². The van der Waals surface area contributed by atoms with Crippen LogP contribution in [0.3, 0.4) is 0 Å². The molecule has 0 spiro atoms. The number of aliphatic hydroxyl groups is 1. The first-order valence-corrected chi connectivity index (χ1v) is 4.70. The Labute approximate surface area is 91.2 Å². The number of hydrogen-bond donors (Lipinski definition) is 2. The van der Waals surface area contributed by atoms with Gasteiger partial charge in [-0.25, -0.2) is 4.79 Å². The molecular weight excluding hydrogens is 210 g/mol. The minimum absolute atomic E-state index is 0.123. The quantitative estimate of drug-likeness (QED) is 0.777. The van der Waals surface area contributed by atoms with Gasteiger partial charge in [-0.05, 0) is 26.0 Å². The Balaban J connectivity index is 2.70. The van der Waals surface area contributed by atoms with Crippen molar-refractivity contribution in [3.8, 4) is 0 Å². The van der Waals surface area contributed by atoms with Gasteiger partial charge in [0.15, 0.2) is 11.5 Å². The molecule has 16 heavy (non-hydrogen) atoms. The number of nitrogens with zero attached hydrogens (tertiary/aromatic N) is 3. The average Bonchev–Trinajstić information content (AvgIpc) is 2.58. The van der Waals surface area contributed by atoms with Crippen LogP contribution in [0.1, 0.15) is 30.0 Å². The summed E-state index contributed by atoms with van der Waals surface area (Å²) >= 11 is 0. The molecule has 84 valence electrons. The van der Waals surface area contributed by atoms with Gasteiger partial charge in [-0.1, -0.05) is 0 Å². The summed E-state index contributed by atoms with van der Waals surface area (Å²) in [7, 11) is 0. The number of carbonyl (C=O) groups is 1. The van der Waals surface area contributed by atoms with E-state index in [4.69, 9.17) is 5.11 Å². The van der Waals surface area contributed by atoms with Crippen LogP contribution < -0.4 is 0 Å². The molecule has 0 aromatic carbocycles. The van der Waals surface area contributed by atoms with Gasteiger partial charge in [0.2, 0.25) is 0 Å². The lowest BCUT2D eigenvalue weighted by atomic mass is 10.1. The molecular formula is C10H11N3O3. The summed E-state index contributed by atoms with van der Waals surface area (Å²) in [6.45, 7) is 3.13. The highest BCUT2D eigenvalue weighted by molar-refractivity contribution is 5.87. The summed E-state index contributed by atoms with van der Waals surface area (Å²) in [6, 6.07) is 2.99. The molecule has 0 atom stereocenters. The smallest absolute Gasteiger partial charge is 0.337 e. The molecule has 2 heterocycles. The highest BCUT2D eigenvalue weighted by atomic mass is 16.4. The number of aromatic carboxylic acids is 1. The number of fused-ring (bicyclic) bond motifs is 1. The molecule has 0 aliphatic heterocycles. The standard InChI is InChI=1S/C10H11N3O3/c1-10(2,16)9-12-11-7-4-3-6(8(14)15)5-13(7)9/h3-5,16H,1-2H3,(H,14,15). The first-order chi connectivity index (χ1) is 7.39. The van der Waals surface area contributed by atoms with Gasteiger partial charge in [-0.2, -0.15) is 0 Å². The largest absolute Gasteiger partial charge is 0.478 e. The zero-order valence-electron chi connectivity index (χ0n) is 8.88. The summed E-state index contributed by atoms with van der Waals surface area (Å²) < 4.78 is 1.48. The maximum atomic E-state index is 10.8. The van der Waals surface area contributed by atoms with Gasteiger partial charge in [0.05, 0.1) is 5.56 Å². The van der Waals surface area contributed by atoms with Crippen LogP contribution in [0.15, 0.2) is 18.3 Å². The Morgan fingerprint density at radius 1 is 1.38 bits per heavy atom. The van der Waals surface area contributed by atoms with Gasteiger partial charge >= 0.3 is 5.97 Å².